The number of carbonyl (C=O) groups excluding carboxylic acids is 2. The first-order valence-corrected chi connectivity index (χ1v) is 8.59. The zero-order valence-corrected chi connectivity index (χ0v) is 14.4. The molecule has 1 fully saturated rings. The predicted molar refractivity (Wildman–Crippen MR) is 96.4 cm³/mol. The summed E-state index contributed by atoms with van der Waals surface area (Å²) in [7, 11) is 0. The van der Waals surface area contributed by atoms with Crippen LogP contribution in [0, 0.1) is 11.7 Å². The molecule has 0 spiro atoms. The van der Waals surface area contributed by atoms with E-state index in [0.29, 0.717) is 42.4 Å². The molecule has 8 heteroatoms. The summed E-state index contributed by atoms with van der Waals surface area (Å²) in [4.78, 5) is 25.9. The van der Waals surface area contributed by atoms with E-state index in [4.69, 9.17) is 9.47 Å². The highest BCUT2D eigenvalue weighted by molar-refractivity contribution is 5.96. The summed E-state index contributed by atoms with van der Waals surface area (Å²) in [5.41, 5.74) is 1.25. The fourth-order valence-corrected chi connectivity index (χ4v) is 3.18. The number of halogens is 1. The Morgan fingerprint density at radius 2 is 1.93 bits per heavy atom. The van der Waals surface area contributed by atoms with E-state index in [-0.39, 0.29) is 30.5 Å². The lowest BCUT2D eigenvalue weighted by Gasteiger charge is -2.17. The van der Waals surface area contributed by atoms with Crippen molar-refractivity contribution in [1.82, 2.24) is 5.32 Å². The second-order valence-corrected chi connectivity index (χ2v) is 6.45. The lowest BCUT2D eigenvalue weighted by Crippen LogP contribution is -2.34. The monoisotopic (exact) mass is 371 g/mol. The van der Waals surface area contributed by atoms with Crippen molar-refractivity contribution in [2.75, 3.05) is 30.1 Å². The minimum absolute atomic E-state index is 0.00921. The maximum Gasteiger partial charge on any atom is 0.319 e. The zero-order chi connectivity index (χ0) is 18.8. The molecule has 3 amide bonds. The van der Waals surface area contributed by atoms with Crippen LogP contribution in [-0.4, -0.2) is 31.8 Å². The van der Waals surface area contributed by atoms with Gasteiger partial charge in [-0.15, -0.1) is 0 Å². The van der Waals surface area contributed by atoms with Crippen molar-refractivity contribution in [3.8, 4) is 11.5 Å². The van der Waals surface area contributed by atoms with Gasteiger partial charge in [-0.3, -0.25) is 4.79 Å². The van der Waals surface area contributed by atoms with Gasteiger partial charge in [0.2, 0.25) is 12.7 Å². The van der Waals surface area contributed by atoms with Crippen molar-refractivity contribution >= 4 is 23.3 Å². The van der Waals surface area contributed by atoms with Crippen molar-refractivity contribution in [1.29, 1.82) is 0 Å². The second-order valence-electron chi connectivity index (χ2n) is 6.45. The third-order valence-electron chi connectivity index (χ3n) is 4.53. The molecule has 2 heterocycles. The quantitative estimate of drug-likeness (QED) is 0.866. The molecule has 0 unspecified atom stereocenters. The molecule has 0 bridgehead atoms. The first-order valence-electron chi connectivity index (χ1n) is 8.59. The van der Waals surface area contributed by atoms with Crippen LogP contribution in [-0.2, 0) is 4.79 Å². The first-order chi connectivity index (χ1) is 13.1. The van der Waals surface area contributed by atoms with E-state index in [9.17, 15) is 14.0 Å². The van der Waals surface area contributed by atoms with Crippen LogP contribution in [0.4, 0.5) is 20.6 Å². The van der Waals surface area contributed by atoms with Crippen molar-refractivity contribution in [2.24, 2.45) is 5.92 Å². The molecule has 0 saturated carbocycles. The van der Waals surface area contributed by atoms with E-state index in [1.54, 1.807) is 35.2 Å². The van der Waals surface area contributed by atoms with E-state index < -0.39 is 0 Å². The molecule has 1 saturated heterocycles. The molecule has 4 rings (SSSR count). The van der Waals surface area contributed by atoms with Crippen LogP contribution < -0.4 is 25.0 Å². The van der Waals surface area contributed by atoms with Gasteiger partial charge in [0.25, 0.3) is 0 Å². The second kappa shape index (κ2) is 7.14. The summed E-state index contributed by atoms with van der Waals surface area (Å²) in [6, 6.07) is 10.6. The highest BCUT2D eigenvalue weighted by Crippen LogP contribution is 2.34. The van der Waals surface area contributed by atoms with Crippen molar-refractivity contribution in [2.45, 2.75) is 6.42 Å². The van der Waals surface area contributed by atoms with Crippen LogP contribution in [0.25, 0.3) is 0 Å². The fourth-order valence-electron chi connectivity index (χ4n) is 3.18. The molecule has 2 aliphatic rings. The standard InChI is InChI=1S/C19H18FN3O4/c20-13-1-4-15(5-2-13)23-10-12(7-18(23)24)9-21-19(25)22-14-3-6-16-17(8-14)27-11-26-16/h1-6,8,12H,7,9-11H2,(H2,21,22,25)/t12-/m0/s1. The molecule has 2 aromatic carbocycles. The zero-order valence-electron chi connectivity index (χ0n) is 14.4. The van der Waals surface area contributed by atoms with Crippen molar-refractivity contribution in [3.05, 3.63) is 48.3 Å². The molecule has 7 nitrogen and oxygen atoms in total. The van der Waals surface area contributed by atoms with Crippen LogP contribution in [0.1, 0.15) is 6.42 Å². The smallest absolute Gasteiger partial charge is 0.319 e. The normalized spacial score (nSPS) is 17.9. The Bertz CT molecular complexity index is 872. The Kier molecular flexibility index (Phi) is 4.53. The maximum atomic E-state index is 13.0. The van der Waals surface area contributed by atoms with E-state index in [0.717, 1.165) is 0 Å². The van der Waals surface area contributed by atoms with Crippen molar-refractivity contribution < 1.29 is 23.5 Å². The van der Waals surface area contributed by atoms with E-state index in [1.165, 1.54) is 12.1 Å². The molecule has 2 aliphatic heterocycles. The van der Waals surface area contributed by atoms with Gasteiger partial charge in [0.1, 0.15) is 5.82 Å². The Balaban J connectivity index is 1.29. The maximum absolute atomic E-state index is 13.0. The number of nitrogens with one attached hydrogen (secondary N) is 2. The fraction of sp³-hybridized carbons (Fsp3) is 0.263. The predicted octanol–water partition coefficient (Wildman–Crippen LogP) is 2.73. The number of urea groups is 1. The lowest BCUT2D eigenvalue weighted by atomic mass is 10.1. The number of carbonyl (C=O) groups is 2. The Morgan fingerprint density at radius 1 is 1.15 bits per heavy atom. The number of anilines is 2. The molecule has 140 valence electrons. The van der Waals surface area contributed by atoms with Gasteiger partial charge in [0, 0.05) is 42.9 Å². The van der Waals surface area contributed by atoms with Crippen LogP contribution in [0.15, 0.2) is 42.5 Å². The molecule has 27 heavy (non-hydrogen) atoms. The van der Waals surface area contributed by atoms with Gasteiger partial charge in [0.05, 0.1) is 0 Å². The van der Waals surface area contributed by atoms with Gasteiger partial charge in [-0.1, -0.05) is 0 Å². The number of rotatable bonds is 4. The lowest BCUT2D eigenvalue weighted by molar-refractivity contribution is -0.117. The molecule has 2 N–H and O–H groups in total. The molecule has 2 aromatic rings. The van der Waals surface area contributed by atoms with E-state index in [2.05, 4.69) is 10.6 Å². The number of amides is 3. The van der Waals surface area contributed by atoms with Gasteiger partial charge in [0.15, 0.2) is 11.5 Å². The van der Waals surface area contributed by atoms with Crippen LogP contribution in [0.2, 0.25) is 0 Å². The Hall–Kier alpha value is -3.29. The topological polar surface area (TPSA) is 79.9 Å². The Labute approximate surface area is 155 Å². The Morgan fingerprint density at radius 3 is 2.74 bits per heavy atom. The number of fused-ring (bicyclic) bond motifs is 1. The third-order valence-corrected chi connectivity index (χ3v) is 4.53. The number of hydrogen-bond donors (Lipinski definition) is 2. The molecular formula is C19H18FN3O4. The molecule has 0 aromatic heterocycles. The number of hydrogen-bond acceptors (Lipinski definition) is 4. The average Bonchev–Trinajstić information content (AvgIpc) is 3.26. The molecule has 0 radical (unpaired) electrons. The largest absolute Gasteiger partial charge is 0.454 e. The average molecular weight is 371 g/mol. The third kappa shape index (κ3) is 3.79. The SMILES string of the molecule is O=C(NC[C@@H]1CC(=O)N(c2ccc(F)cc2)C1)Nc1ccc2c(c1)OCO2. The van der Waals surface area contributed by atoms with E-state index in [1.807, 2.05) is 0 Å². The number of nitrogens with zero attached hydrogens (tertiary/aromatic N) is 1. The highest BCUT2D eigenvalue weighted by Gasteiger charge is 2.30. The van der Waals surface area contributed by atoms with E-state index >= 15 is 0 Å². The number of ether oxygens (including phenoxy) is 2. The summed E-state index contributed by atoms with van der Waals surface area (Å²) in [6.07, 6.45) is 0.335. The summed E-state index contributed by atoms with van der Waals surface area (Å²) in [5.74, 6) is 0.842. The molecular weight excluding hydrogens is 353 g/mol. The summed E-state index contributed by atoms with van der Waals surface area (Å²) in [5, 5.41) is 5.51. The minimum Gasteiger partial charge on any atom is -0.454 e. The van der Waals surface area contributed by atoms with Crippen LogP contribution in [0.5, 0.6) is 11.5 Å². The van der Waals surface area contributed by atoms with Gasteiger partial charge < -0.3 is 25.0 Å². The van der Waals surface area contributed by atoms with Crippen LogP contribution >= 0.6 is 0 Å². The van der Waals surface area contributed by atoms with Gasteiger partial charge in [-0.05, 0) is 36.4 Å². The van der Waals surface area contributed by atoms with Gasteiger partial charge in [-0.2, -0.15) is 0 Å². The van der Waals surface area contributed by atoms with Gasteiger partial charge >= 0.3 is 6.03 Å². The molecule has 1 atom stereocenters. The van der Waals surface area contributed by atoms with Crippen molar-refractivity contribution in [3.63, 3.8) is 0 Å². The minimum atomic E-state index is -0.360. The summed E-state index contributed by atoms with van der Waals surface area (Å²) < 4.78 is 23.5. The first kappa shape index (κ1) is 17.1. The highest BCUT2D eigenvalue weighted by atomic mass is 19.1. The van der Waals surface area contributed by atoms with Gasteiger partial charge in [-0.25, -0.2) is 9.18 Å². The number of benzene rings is 2. The summed E-state index contributed by atoms with van der Waals surface area (Å²) in [6.45, 7) is 1.01. The van der Waals surface area contributed by atoms with Crippen LogP contribution in [0.3, 0.4) is 0 Å². The molecule has 0 aliphatic carbocycles. The summed E-state index contributed by atoms with van der Waals surface area (Å²) >= 11 is 0.